The van der Waals surface area contributed by atoms with Crippen molar-refractivity contribution in [3.05, 3.63) is 102 Å². The van der Waals surface area contributed by atoms with Gasteiger partial charge in [0.05, 0.1) is 12.1 Å². The number of aliphatic hydroxyl groups excluding tert-OH is 1. The minimum Gasteiger partial charge on any atom is -0.466 e. The van der Waals surface area contributed by atoms with Crippen LogP contribution >= 0.6 is 0 Å². The van der Waals surface area contributed by atoms with Crippen LogP contribution in [-0.2, 0) is 11.2 Å². The highest BCUT2D eigenvalue weighted by molar-refractivity contribution is 5.87. The van der Waals surface area contributed by atoms with Crippen LogP contribution in [0.5, 0.6) is 5.88 Å². The van der Waals surface area contributed by atoms with Gasteiger partial charge in [0.25, 0.3) is 0 Å². The van der Waals surface area contributed by atoms with E-state index in [-0.39, 0.29) is 25.2 Å². The monoisotopic (exact) mass is 422 g/mol. The zero-order valence-corrected chi connectivity index (χ0v) is 17.4. The molecule has 158 valence electrons. The minimum absolute atomic E-state index is 0.0467. The Morgan fingerprint density at radius 2 is 1.75 bits per heavy atom. The summed E-state index contributed by atoms with van der Waals surface area (Å²) in [6, 6.07) is 26.6. The molecule has 0 aliphatic heterocycles. The number of fused-ring (bicyclic) bond motifs is 1. The third-order valence-electron chi connectivity index (χ3n) is 5.26. The minimum atomic E-state index is -0.846. The van der Waals surface area contributed by atoms with Crippen molar-refractivity contribution in [1.29, 1.82) is 0 Å². The Kier molecular flexibility index (Phi) is 6.54. The van der Waals surface area contributed by atoms with Crippen molar-refractivity contribution in [2.75, 3.05) is 6.61 Å². The molecule has 0 fully saturated rings. The number of nitrogens with zero attached hydrogens (tertiary/aromatic N) is 2. The van der Waals surface area contributed by atoms with Crippen LogP contribution in [0.2, 0.25) is 0 Å². The maximum atomic E-state index is 13.0. The number of Topliss-reactive ketones (excluding diaryl/α,β-unsaturated/α-hetero) is 1. The number of hydrogen-bond donors (Lipinski definition) is 1. The molecule has 1 aromatic heterocycles. The normalized spacial score (nSPS) is 11.6. The molecule has 1 N–H and O–H groups in total. The van der Waals surface area contributed by atoms with Gasteiger partial charge in [-0.3, -0.25) is 4.79 Å². The highest BCUT2D eigenvalue weighted by Crippen LogP contribution is 2.29. The molecule has 0 saturated carbocycles. The molecule has 4 rings (SSSR count). The van der Waals surface area contributed by atoms with Gasteiger partial charge in [-0.1, -0.05) is 60.7 Å². The van der Waals surface area contributed by atoms with Gasteiger partial charge in [0.1, 0.15) is 0 Å². The number of pyridine rings is 1. The number of carbonyl (C=O) groups excluding carboxylic acids is 1. The number of aromatic nitrogens is 1. The molecule has 0 saturated heterocycles. The molecule has 3 aromatic carbocycles. The standard InChI is InChI=1S/C27H22N2O3/c1-28-24-17-21(19-7-3-2-4-8-19)11-12-22(24)18-25(31)26(15-16-30)32-27-14-13-20-9-5-6-10-23(20)29-27/h2-14,17,26,30H,15-16,18H2. The molecule has 0 bridgehead atoms. The summed E-state index contributed by atoms with van der Waals surface area (Å²) < 4.78 is 5.87. The van der Waals surface area contributed by atoms with Crippen molar-refractivity contribution in [2.24, 2.45) is 0 Å². The van der Waals surface area contributed by atoms with Crippen LogP contribution in [0.15, 0.2) is 84.9 Å². The largest absolute Gasteiger partial charge is 0.466 e. The van der Waals surface area contributed by atoms with Crippen molar-refractivity contribution in [1.82, 2.24) is 4.98 Å². The van der Waals surface area contributed by atoms with E-state index < -0.39 is 6.10 Å². The molecule has 0 aliphatic rings. The fourth-order valence-electron chi connectivity index (χ4n) is 3.59. The van der Waals surface area contributed by atoms with E-state index in [0.717, 1.165) is 22.0 Å². The highest BCUT2D eigenvalue weighted by atomic mass is 16.5. The summed E-state index contributed by atoms with van der Waals surface area (Å²) in [5.41, 5.74) is 3.79. The van der Waals surface area contributed by atoms with Crippen LogP contribution in [0.25, 0.3) is 26.9 Å². The second kappa shape index (κ2) is 9.86. The average Bonchev–Trinajstić information content (AvgIpc) is 2.84. The van der Waals surface area contributed by atoms with Gasteiger partial charge >= 0.3 is 0 Å². The van der Waals surface area contributed by atoms with Crippen molar-refractivity contribution in [3.8, 4) is 17.0 Å². The lowest BCUT2D eigenvalue weighted by Crippen LogP contribution is -2.30. The van der Waals surface area contributed by atoms with Crippen molar-refractivity contribution < 1.29 is 14.6 Å². The molecule has 0 radical (unpaired) electrons. The van der Waals surface area contributed by atoms with Crippen LogP contribution in [0, 0.1) is 6.57 Å². The van der Waals surface area contributed by atoms with E-state index in [9.17, 15) is 9.90 Å². The average molecular weight is 422 g/mol. The zero-order valence-electron chi connectivity index (χ0n) is 17.4. The fourth-order valence-corrected chi connectivity index (χ4v) is 3.59. The van der Waals surface area contributed by atoms with E-state index in [1.165, 1.54) is 0 Å². The summed E-state index contributed by atoms with van der Waals surface area (Å²) in [5.74, 6) is 0.131. The molecule has 5 heteroatoms. The second-order valence-electron chi connectivity index (χ2n) is 7.43. The number of benzene rings is 3. The summed E-state index contributed by atoms with van der Waals surface area (Å²) in [5, 5.41) is 10.4. The molecule has 0 amide bonds. The maximum Gasteiger partial charge on any atom is 0.214 e. The van der Waals surface area contributed by atoms with Gasteiger partial charge in [-0.25, -0.2) is 9.83 Å². The van der Waals surface area contributed by atoms with Gasteiger partial charge in [-0.15, -0.1) is 0 Å². The number of hydrogen-bond acceptors (Lipinski definition) is 4. The first-order valence-corrected chi connectivity index (χ1v) is 10.4. The van der Waals surface area contributed by atoms with E-state index >= 15 is 0 Å². The fraction of sp³-hybridized carbons (Fsp3) is 0.148. The molecule has 1 atom stereocenters. The molecule has 32 heavy (non-hydrogen) atoms. The van der Waals surface area contributed by atoms with E-state index in [1.807, 2.05) is 72.8 Å². The van der Waals surface area contributed by atoms with Crippen LogP contribution < -0.4 is 4.74 Å². The Labute approximate surface area is 186 Å². The van der Waals surface area contributed by atoms with Crippen molar-refractivity contribution in [3.63, 3.8) is 0 Å². The lowest BCUT2D eigenvalue weighted by atomic mass is 9.98. The summed E-state index contributed by atoms with van der Waals surface area (Å²) in [4.78, 5) is 21.1. The Balaban J connectivity index is 1.54. The van der Waals surface area contributed by atoms with Crippen molar-refractivity contribution >= 4 is 22.4 Å². The summed E-state index contributed by atoms with van der Waals surface area (Å²) in [7, 11) is 0. The Morgan fingerprint density at radius 3 is 2.53 bits per heavy atom. The Hall–Kier alpha value is -4.01. The molecular weight excluding hydrogens is 400 g/mol. The lowest BCUT2D eigenvalue weighted by Gasteiger charge is -2.17. The summed E-state index contributed by atoms with van der Waals surface area (Å²) >= 11 is 0. The van der Waals surface area contributed by atoms with Crippen LogP contribution in [0.4, 0.5) is 5.69 Å². The first kappa shape index (κ1) is 21.2. The SMILES string of the molecule is [C-]#[N+]c1cc(-c2ccccc2)ccc1CC(=O)C(CCO)Oc1ccc2ccccc2n1. The first-order valence-electron chi connectivity index (χ1n) is 10.4. The Morgan fingerprint density at radius 1 is 0.969 bits per heavy atom. The smallest absolute Gasteiger partial charge is 0.214 e. The number of ether oxygens (including phenoxy) is 1. The number of ketones is 1. The van der Waals surface area contributed by atoms with Crippen LogP contribution in [-0.4, -0.2) is 28.6 Å². The topological polar surface area (TPSA) is 63.8 Å². The maximum absolute atomic E-state index is 13.0. The van der Waals surface area contributed by atoms with Crippen molar-refractivity contribution in [2.45, 2.75) is 18.9 Å². The predicted octanol–water partition coefficient (Wildman–Crippen LogP) is 5.39. The van der Waals surface area contributed by atoms with E-state index in [1.54, 1.807) is 12.1 Å². The van der Waals surface area contributed by atoms with Crippen LogP contribution in [0.1, 0.15) is 12.0 Å². The number of aliphatic hydroxyl groups is 1. The molecule has 5 nitrogen and oxygen atoms in total. The number of rotatable bonds is 8. The molecule has 0 aliphatic carbocycles. The number of para-hydroxylation sites is 1. The first-order chi connectivity index (χ1) is 15.7. The Bertz CT molecular complexity index is 1280. The lowest BCUT2D eigenvalue weighted by molar-refractivity contribution is -0.125. The number of carbonyl (C=O) groups is 1. The molecule has 4 aromatic rings. The molecule has 0 spiro atoms. The van der Waals surface area contributed by atoms with Gasteiger partial charge in [0.2, 0.25) is 5.88 Å². The predicted molar refractivity (Wildman–Crippen MR) is 125 cm³/mol. The molecule has 1 unspecified atom stereocenters. The second-order valence-corrected chi connectivity index (χ2v) is 7.43. The van der Waals surface area contributed by atoms with E-state index in [2.05, 4.69) is 9.83 Å². The third-order valence-corrected chi connectivity index (χ3v) is 5.26. The van der Waals surface area contributed by atoms with Gasteiger partial charge < -0.3 is 9.84 Å². The van der Waals surface area contributed by atoms with Gasteiger partial charge in [-0.2, -0.15) is 0 Å². The molecule has 1 heterocycles. The quantitative estimate of drug-likeness (QED) is 0.387. The van der Waals surface area contributed by atoms with Gasteiger partial charge in [0.15, 0.2) is 17.6 Å². The summed E-state index contributed by atoms with van der Waals surface area (Å²) in [6.45, 7) is 7.38. The molecular formula is C27H22N2O3. The van der Waals surface area contributed by atoms with Gasteiger partial charge in [-0.05, 0) is 34.9 Å². The van der Waals surface area contributed by atoms with Crippen LogP contribution in [0.3, 0.4) is 0 Å². The zero-order chi connectivity index (χ0) is 22.3. The summed E-state index contributed by atoms with van der Waals surface area (Å²) in [6.07, 6.45) is -0.644. The highest BCUT2D eigenvalue weighted by Gasteiger charge is 2.22. The third kappa shape index (κ3) is 4.83. The van der Waals surface area contributed by atoms with E-state index in [4.69, 9.17) is 11.3 Å². The van der Waals surface area contributed by atoms with E-state index in [0.29, 0.717) is 17.1 Å². The van der Waals surface area contributed by atoms with Gasteiger partial charge in [0, 0.05) is 30.9 Å².